The van der Waals surface area contributed by atoms with Gasteiger partial charge in [-0.15, -0.1) is 0 Å². The summed E-state index contributed by atoms with van der Waals surface area (Å²) in [7, 11) is -4.14. The third-order valence-electron chi connectivity index (χ3n) is 5.97. The number of thiazole rings is 1. The minimum absolute atomic E-state index is 0.0496. The number of hydrogen-bond donors (Lipinski definition) is 3. The number of sulfonamides is 1. The molecule has 0 bridgehead atoms. The molecule has 0 fully saturated rings. The molecule has 3 N–H and O–H groups in total. The summed E-state index contributed by atoms with van der Waals surface area (Å²) < 4.78 is 33.0. The van der Waals surface area contributed by atoms with Gasteiger partial charge < -0.3 is 15.4 Å². The van der Waals surface area contributed by atoms with Gasteiger partial charge in [-0.1, -0.05) is 29.0 Å². The molecule has 0 unspecified atom stereocenters. The van der Waals surface area contributed by atoms with Crippen molar-refractivity contribution in [1.29, 1.82) is 0 Å². The number of nitrogens with zero attached hydrogens (tertiary/aromatic N) is 3. The van der Waals surface area contributed by atoms with E-state index in [1.165, 1.54) is 31.2 Å². The van der Waals surface area contributed by atoms with Crippen LogP contribution in [0.1, 0.15) is 38.2 Å². The molecule has 4 rings (SSSR count). The summed E-state index contributed by atoms with van der Waals surface area (Å²) in [6.07, 6.45) is 0. The molecule has 17 heteroatoms. The SMILES string of the molecule is CCOC(=O)c1sc(NS(=O)(=O)c2ccc(NC(=O)c3cc([N+](=O)[O-])c(Nc4ccc(C)cc4)c([N+](=O)[O-])c3)cc2)nc1C. The molecule has 0 saturated carbocycles. The van der Waals surface area contributed by atoms with Crippen LogP contribution in [0.3, 0.4) is 0 Å². The van der Waals surface area contributed by atoms with Gasteiger partial charge >= 0.3 is 17.3 Å². The van der Waals surface area contributed by atoms with Crippen LogP contribution in [0.15, 0.2) is 65.6 Å². The number of anilines is 4. The summed E-state index contributed by atoms with van der Waals surface area (Å²) in [5.41, 5.74) is -0.470. The highest BCUT2D eigenvalue weighted by Crippen LogP contribution is 2.38. The van der Waals surface area contributed by atoms with E-state index in [2.05, 4.69) is 20.3 Å². The molecule has 3 aromatic carbocycles. The van der Waals surface area contributed by atoms with E-state index in [1.54, 1.807) is 31.2 Å². The number of amides is 1. The number of aryl methyl sites for hydroxylation is 2. The van der Waals surface area contributed by atoms with Crippen LogP contribution in [0, 0.1) is 34.1 Å². The molecule has 0 spiro atoms. The Morgan fingerprint density at radius 3 is 2.05 bits per heavy atom. The van der Waals surface area contributed by atoms with Gasteiger partial charge in [-0.05, 0) is 57.2 Å². The fourth-order valence-electron chi connectivity index (χ4n) is 3.86. The molecule has 0 aliphatic rings. The standard InChI is InChI=1S/C27H24N6O9S2/c1-4-42-26(35)24-16(3)28-27(43-24)31-44(40,41)20-11-9-19(10-12-20)30-25(34)17-13-21(32(36)37)23(22(14-17)33(38)39)29-18-7-5-15(2)6-8-18/h5-14,29H,4H2,1-3H3,(H,28,31)(H,30,34). The Bertz CT molecular complexity index is 1840. The van der Waals surface area contributed by atoms with E-state index in [0.29, 0.717) is 11.4 Å². The van der Waals surface area contributed by atoms with Crippen LogP contribution in [0.4, 0.5) is 33.6 Å². The molecule has 228 valence electrons. The molecule has 44 heavy (non-hydrogen) atoms. The first-order valence-corrected chi connectivity index (χ1v) is 15.0. The van der Waals surface area contributed by atoms with Crippen molar-refractivity contribution in [3.8, 4) is 0 Å². The van der Waals surface area contributed by atoms with Crippen LogP contribution in [-0.4, -0.2) is 41.7 Å². The summed E-state index contributed by atoms with van der Waals surface area (Å²) in [5.74, 6) is -1.53. The molecular weight excluding hydrogens is 616 g/mol. The highest BCUT2D eigenvalue weighted by molar-refractivity contribution is 7.93. The number of esters is 1. The predicted octanol–water partition coefficient (Wildman–Crippen LogP) is 5.55. The van der Waals surface area contributed by atoms with Gasteiger partial charge in [0, 0.05) is 23.5 Å². The summed E-state index contributed by atoms with van der Waals surface area (Å²) in [6.45, 7) is 5.15. The van der Waals surface area contributed by atoms with Gasteiger partial charge in [0.05, 0.1) is 32.6 Å². The highest BCUT2D eigenvalue weighted by Gasteiger charge is 2.29. The Hall–Kier alpha value is -5.42. The molecule has 0 aliphatic heterocycles. The van der Waals surface area contributed by atoms with Gasteiger partial charge in [-0.25, -0.2) is 18.2 Å². The van der Waals surface area contributed by atoms with Crippen molar-refractivity contribution in [2.45, 2.75) is 25.7 Å². The van der Waals surface area contributed by atoms with Crippen molar-refractivity contribution < 1.29 is 32.6 Å². The van der Waals surface area contributed by atoms with Gasteiger partial charge in [-0.3, -0.25) is 29.7 Å². The Labute approximate surface area is 254 Å². The summed E-state index contributed by atoms with van der Waals surface area (Å²) >= 11 is 0.813. The van der Waals surface area contributed by atoms with Crippen LogP contribution in [-0.2, 0) is 14.8 Å². The smallest absolute Gasteiger partial charge is 0.350 e. The first-order valence-electron chi connectivity index (χ1n) is 12.7. The number of aromatic nitrogens is 1. The third-order valence-corrected chi connectivity index (χ3v) is 8.51. The molecule has 1 amide bonds. The van der Waals surface area contributed by atoms with E-state index in [0.717, 1.165) is 29.0 Å². The normalized spacial score (nSPS) is 11.0. The lowest BCUT2D eigenvalue weighted by Crippen LogP contribution is -2.15. The average Bonchev–Trinajstić information content (AvgIpc) is 3.33. The second-order valence-electron chi connectivity index (χ2n) is 9.13. The summed E-state index contributed by atoms with van der Waals surface area (Å²) in [6, 6.07) is 13.3. The molecule has 0 saturated heterocycles. The zero-order valence-electron chi connectivity index (χ0n) is 23.3. The van der Waals surface area contributed by atoms with Crippen LogP contribution in [0.25, 0.3) is 0 Å². The number of benzene rings is 3. The lowest BCUT2D eigenvalue weighted by atomic mass is 10.1. The Morgan fingerprint density at radius 1 is 0.932 bits per heavy atom. The Balaban J connectivity index is 1.54. The molecule has 1 heterocycles. The van der Waals surface area contributed by atoms with Crippen LogP contribution in [0.2, 0.25) is 0 Å². The first-order chi connectivity index (χ1) is 20.8. The minimum atomic E-state index is -4.14. The van der Waals surface area contributed by atoms with Gasteiger partial charge in [0.2, 0.25) is 0 Å². The fourth-order valence-corrected chi connectivity index (χ4v) is 5.96. The fraction of sp³-hybridized carbons (Fsp3) is 0.148. The third kappa shape index (κ3) is 7.13. The monoisotopic (exact) mass is 640 g/mol. The van der Waals surface area contributed by atoms with Crippen molar-refractivity contribution in [2.75, 3.05) is 22.0 Å². The number of nitro groups is 2. The minimum Gasteiger partial charge on any atom is -0.462 e. The number of ether oxygens (including phenoxy) is 1. The molecule has 0 aliphatic carbocycles. The number of carbonyl (C=O) groups is 2. The zero-order valence-corrected chi connectivity index (χ0v) is 24.9. The highest BCUT2D eigenvalue weighted by atomic mass is 32.2. The lowest BCUT2D eigenvalue weighted by Gasteiger charge is -2.11. The van der Waals surface area contributed by atoms with Crippen LogP contribution >= 0.6 is 11.3 Å². The quantitative estimate of drug-likeness (QED) is 0.105. The van der Waals surface area contributed by atoms with Crippen molar-refractivity contribution in [3.63, 3.8) is 0 Å². The van der Waals surface area contributed by atoms with Crippen molar-refractivity contribution in [3.05, 3.63) is 103 Å². The van der Waals surface area contributed by atoms with E-state index < -0.39 is 48.8 Å². The Morgan fingerprint density at radius 2 is 1.50 bits per heavy atom. The number of carbonyl (C=O) groups excluding carboxylic acids is 2. The second-order valence-corrected chi connectivity index (χ2v) is 11.8. The van der Waals surface area contributed by atoms with Gasteiger partial charge in [0.15, 0.2) is 10.8 Å². The van der Waals surface area contributed by atoms with Crippen LogP contribution < -0.4 is 15.4 Å². The average molecular weight is 641 g/mol. The number of hydrogen-bond acceptors (Lipinski definition) is 12. The number of rotatable bonds is 11. The Kier molecular flexibility index (Phi) is 9.20. The van der Waals surface area contributed by atoms with E-state index in [-0.39, 0.29) is 32.8 Å². The van der Waals surface area contributed by atoms with Crippen molar-refractivity contribution in [2.24, 2.45) is 0 Å². The largest absolute Gasteiger partial charge is 0.462 e. The topological polar surface area (TPSA) is 213 Å². The van der Waals surface area contributed by atoms with E-state index in [1.807, 2.05) is 6.92 Å². The number of nitro benzene ring substituents is 2. The second kappa shape index (κ2) is 12.8. The van der Waals surface area contributed by atoms with Crippen molar-refractivity contribution >= 4 is 66.8 Å². The van der Waals surface area contributed by atoms with Gasteiger partial charge in [0.1, 0.15) is 4.88 Å². The van der Waals surface area contributed by atoms with Crippen LogP contribution in [0.5, 0.6) is 0 Å². The van der Waals surface area contributed by atoms with Gasteiger partial charge in [-0.2, -0.15) is 0 Å². The van der Waals surface area contributed by atoms with E-state index in [9.17, 15) is 38.2 Å². The maximum absolute atomic E-state index is 13.0. The summed E-state index contributed by atoms with van der Waals surface area (Å²) in [4.78, 5) is 51.0. The lowest BCUT2D eigenvalue weighted by molar-refractivity contribution is -0.392. The first kappa shape index (κ1) is 31.5. The van der Waals surface area contributed by atoms with Crippen molar-refractivity contribution in [1.82, 2.24) is 4.98 Å². The van der Waals surface area contributed by atoms with E-state index >= 15 is 0 Å². The molecule has 0 atom stereocenters. The molecule has 15 nitrogen and oxygen atoms in total. The summed E-state index contributed by atoms with van der Waals surface area (Å²) in [5, 5.41) is 28.8. The zero-order chi connectivity index (χ0) is 32.2. The van der Waals surface area contributed by atoms with E-state index in [4.69, 9.17) is 4.74 Å². The number of nitrogens with one attached hydrogen (secondary N) is 3. The van der Waals surface area contributed by atoms with Gasteiger partial charge in [0.25, 0.3) is 15.9 Å². The molecule has 1 aromatic heterocycles. The molecule has 4 aromatic rings. The molecular formula is C27H24N6O9S2. The predicted molar refractivity (Wildman–Crippen MR) is 162 cm³/mol. The maximum atomic E-state index is 13.0. The maximum Gasteiger partial charge on any atom is 0.350 e. The molecule has 0 radical (unpaired) electrons.